The van der Waals surface area contributed by atoms with Gasteiger partial charge in [-0.2, -0.15) is 0 Å². The molecule has 5 nitrogen and oxygen atoms in total. The summed E-state index contributed by atoms with van der Waals surface area (Å²) in [5.74, 6) is 0.511. The molecule has 1 aliphatic carbocycles. The van der Waals surface area contributed by atoms with Crippen molar-refractivity contribution in [2.24, 2.45) is 5.92 Å². The molecule has 6 heteroatoms. The first-order valence-corrected chi connectivity index (χ1v) is 12.8. The van der Waals surface area contributed by atoms with Crippen molar-refractivity contribution >= 4 is 15.9 Å². The Labute approximate surface area is 176 Å². The van der Waals surface area contributed by atoms with Crippen LogP contribution in [0.2, 0.25) is 0 Å². The molecule has 0 aromatic heterocycles. The SMILES string of the molecule is CCCS(=O)(=O)N1CCC(c2ccccc2)([C@H](C)NC(=O)C2CCCCC2)CC1. The van der Waals surface area contributed by atoms with Gasteiger partial charge in [0.05, 0.1) is 5.75 Å². The molecule has 29 heavy (non-hydrogen) atoms. The van der Waals surface area contributed by atoms with Crippen LogP contribution in [0.25, 0.3) is 0 Å². The molecular weight excluding hydrogens is 384 g/mol. The third-order valence-corrected chi connectivity index (χ3v) is 9.06. The van der Waals surface area contributed by atoms with Gasteiger partial charge < -0.3 is 5.32 Å². The van der Waals surface area contributed by atoms with E-state index in [9.17, 15) is 13.2 Å². The van der Waals surface area contributed by atoms with Crippen LogP contribution in [-0.4, -0.2) is 43.5 Å². The first-order valence-electron chi connectivity index (χ1n) is 11.2. The lowest BCUT2D eigenvalue weighted by Crippen LogP contribution is -2.56. The average Bonchev–Trinajstić information content (AvgIpc) is 2.75. The molecule has 1 N–H and O–H groups in total. The Kier molecular flexibility index (Phi) is 7.38. The lowest BCUT2D eigenvalue weighted by Gasteiger charge is -2.46. The molecule has 0 bridgehead atoms. The van der Waals surface area contributed by atoms with E-state index in [-0.39, 0.29) is 29.0 Å². The molecule has 1 saturated heterocycles. The van der Waals surface area contributed by atoms with Gasteiger partial charge >= 0.3 is 0 Å². The minimum atomic E-state index is -3.19. The monoisotopic (exact) mass is 420 g/mol. The molecular formula is C23H36N2O3S. The highest BCUT2D eigenvalue weighted by Crippen LogP contribution is 2.40. The largest absolute Gasteiger partial charge is 0.353 e. The Bertz CT molecular complexity index is 765. The average molecular weight is 421 g/mol. The molecule has 1 aromatic carbocycles. The number of rotatable bonds is 7. The Hall–Kier alpha value is -1.40. The number of benzene rings is 1. The maximum atomic E-state index is 12.9. The van der Waals surface area contributed by atoms with Crippen LogP contribution >= 0.6 is 0 Å². The summed E-state index contributed by atoms with van der Waals surface area (Å²) < 4.78 is 26.7. The van der Waals surface area contributed by atoms with Crippen LogP contribution in [0.5, 0.6) is 0 Å². The Morgan fingerprint density at radius 2 is 1.76 bits per heavy atom. The molecule has 1 atom stereocenters. The highest BCUT2D eigenvalue weighted by Gasteiger charge is 2.43. The van der Waals surface area contributed by atoms with Crippen molar-refractivity contribution in [1.29, 1.82) is 0 Å². The van der Waals surface area contributed by atoms with Gasteiger partial charge in [-0.1, -0.05) is 56.5 Å². The summed E-state index contributed by atoms with van der Waals surface area (Å²) in [6, 6.07) is 10.3. The predicted molar refractivity (Wildman–Crippen MR) is 117 cm³/mol. The van der Waals surface area contributed by atoms with E-state index in [1.165, 1.54) is 12.0 Å². The number of sulfonamides is 1. The fourth-order valence-electron chi connectivity index (χ4n) is 5.13. The van der Waals surface area contributed by atoms with Crippen molar-refractivity contribution in [2.45, 2.75) is 76.7 Å². The molecule has 3 rings (SSSR count). The van der Waals surface area contributed by atoms with Crippen LogP contribution in [0.3, 0.4) is 0 Å². The zero-order valence-corrected chi connectivity index (χ0v) is 18.7. The quantitative estimate of drug-likeness (QED) is 0.729. The van der Waals surface area contributed by atoms with Gasteiger partial charge in [-0.25, -0.2) is 12.7 Å². The maximum absolute atomic E-state index is 12.9. The fraction of sp³-hybridized carbons (Fsp3) is 0.696. The summed E-state index contributed by atoms with van der Waals surface area (Å²) in [4.78, 5) is 12.9. The van der Waals surface area contributed by atoms with E-state index in [0.29, 0.717) is 19.5 Å². The number of amides is 1. The van der Waals surface area contributed by atoms with E-state index in [2.05, 4.69) is 24.4 Å². The Morgan fingerprint density at radius 1 is 1.14 bits per heavy atom. The number of hydrogen-bond acceptors (Lipinski definition) is 3. The van der Waals surface area contributed by atoms with Crippen LogP contribution < -0.4 is 5.32 Å². The zero-order valence-electron chi connectivity index (χ0n) is 17.9. The number of carbonyl (C=O) groups is 1. The van der Waals surface area contributed by atoms with Crippen molar-refractivity contribution in [3.63, 3.8) is 0 Å². The number of nitrogens with zero attached hydrogens (tertiary/aromatic N) is 1. The fourth-order valence-corrected chi connectivity index (χ4v) is 6.64. The van der Waals surface area contributed by atoms with Crippen LogP contribution in [-0.2, 0) is 20.2 Å². The van der Waals surface area contributed by atoms with Gasteiger partial charge in [0.2, 0.25) is 15.9 Å². The van der Waals surface area contributed by atoms with Gasteiger partial charge in [0, 0.05) is 30.5 Å². The van der Waals surface area contributed by atoms with Gasteiger partial charge in [-0.05, 0) is 44.6 Å². The minimum Gasteiger partial charge on any atom is -0.353 e. The molecule has 1 aromatic rings. The normalized spacial score (nSPS) is 22.1. The number of carbonyl (C=O) groups excluding carboxylic acids is 1. The zero-order chi connectivity index (χ0) is 20.9. The molecule has 2 fully saturated rings. The highest BCUT2D eigenvalue weighted by atomic mass is 32.2. The van der Waals surface area contributed by atoms with Crippen molar-refractivity contribution in [3.8, 4) is 0 Å². The van der Waals surface area contributed by atoms with Crippen molar-refractivity contribution in [1.82, 2.24) is 9.62 Å². The smallest absolute Gasteiger partial charge is 0.223 e. The second-order valence-corrected chi connectivity index (χ2v) is 10.9. The summed E-state index contributed by atoms with van der Waals surface area (Å²) in [5.41, 5.74) is 0.966. The van der Waals surface area contributed by atoms with Gasteiger partial charge in [0.25, 0.3) is 0 Å². The molecule has 1 heterocycles. The summed E-state index contributed by atoms with van der Waals surface area (Å²) in [5, 5.41) is 3.33. The molecule has 1 amide bonds. The summed E-state index contributed by atoms with van der Waals surface area (Å²) >= 11 is 0. The predicted octanol–water partition coefficient (Wildman–Crippen LogP) is 3.85. The van der Waals surface area contributed by atoms with Crippen LogP contribution in [0.4, 0.5) is 0 Å². The summed E-state index contributed by atoms with van der Waals surface area (Å²) in [7, 11) is -3.19. The molecule has 0 unspecified atom stereocenters. The van der Waals surface area contributed by atoms with Crippen molar-refractivity contribution in [2.75, 3.05) is 18.8 Å². The molecule has 0 spiro atoms. The van der Waals surface area contributed by atoms with Crippen LogP contribution in [0, 0.1) is 5.92 Å². The third kappa shape index (κ3) is 5.02. The molecule has 0 radical (unpaired) electrons. The number of hydrogen-bond donors (Lipinski definition) is 1. The number of piperidine rings is 1. The first-order chi connectivity index (χ1) is 13.9. The van der Waals surface area contributed by atoms with E-state index in [1.807, 2.05) is 25.1 Å². The van der Waals surface area contributed by atoms with E-state index in [4.69, 9.17) is 0 Å². The van der Waals surface area contributed by atoms with E-state index < -0.39 is 10.0 Å². The second-order valence-electron chi connectivity index (χ2n) is 8.80. The van der Waals surface area contributed by atoms with Gasteiger partial charge in [0.1, 0.15) is 0 Å². The lowest BCUT2D eigenvalue weighted by atomic mass is 9.68. The van der Waals surface area contributed by atoms with Gasteiger partial charge in [0.15, 0.2) is 0 Å². The van der Waals surface area contributed by atoms with Crippen LogP contribution in [0.1, 0.15) is 70.8 Å². The molecule has 2 aliphatic rings. The molecule has 1 aliphatic heterocycles. The Balaban J connectivity index is 1.78. The summed E-state index contributed by atoms with van der Waals surface area (Å²) in [6.45, 7) is 5.03. The maximum Gasteiger partial charge on any atom is 0.223 e. The highest BCUT2D eigenvalue weighted by molar-refractivity contribution is 7.89. The third-order valence-electron chi connectivity index (χ3n) is 6.98. The molecule has 162 valence electrons. The minimum absolute atomic E-state index is 0.0321. The van der Waals surface area contributed by atoms with E-state index >= 15 is 0 Å². The summed E-state index contributed by atoms with van der Waals surface area (Å²) in [6.07, 6.45) is 7.57. The van der Waals surface area contributed by atoms with E-state index in [1.54, 1.807) is 4.31 Å². The standard InChI is InChI=1S/C23H36N2O3S/c1-3-18-29(27,28)25-16-14-23(15-17-25,21-12-8-5-9-13-21)19(2)24-22(26)20-10-6-4-7-11-20/h5,8-9,12-13,19-20H,3-4,6-7,10-11,14-18H2,1-2H3,(H,24,26)/t19-/m0/s1. The lowest BCUT2D eigenvalue weighted by molar-refractivity contribution is -0.127. The van der Waals surface area contributed by atoms with Gasteiger partial charge in [-0.3, -0.25) is 4.79 Å². The van der Waals surface area contributed by atoms with E-state index in [0.717, 1.165) is 38.5 Å². The Morgan fingerprint density at radius 3 is 2.34 bits per heavy atom. The number of nitrogens with one attached hydrogen (secondary N) is 1. The van der Waals surface area contributed by atoms with Gasteiger partial charge in [-0.15, -0.1) is 0 Å². The topological polar surface area (TPSA) is 66.5 Å². The second kappa shape index (κ2) is 9.61. The van der Waals surface area contributed by atoms with Crippen LogP contribution in [0.15, 0.2) is 30.3 Å². The van der Waals surface area contributed by atoms with Crippen molar-refractivity contribution in [3.05, 3.63) is 35.9 Å². The molecule has 1 saturated carbocycles. The first kappa shape index (κ1) is 22.3. The van der Waals surface area contributed by atoms with Crippen molar-refractivity contribution < 1.29 is 13.2 Å².